The van der Waals surface area contributed by atoms with Gasteiger partial charge in [0.15, 0.2) is 0 Å². The molecular formula is C16H13Br. The van der Waals surface area contributed by atoms with E-state index in [-0.39, 0.29) is 0 Å². The summed E-state index contributed by atoms with van der Waals surface area (Å²) in [6.07, 6.45) is 6.32. The van der Waals surface area contributed by atoms with Crippen molar-refractivity contribution in [3.05, 3.63) is 64.2 Å². The molecule has 0 amide bonds. The molecule has 0 saturated carbocycles. The Kier molecular flexibility index (Phi) is 2.44. The Morgan fingerprint density at radius 1 is 1.24 bits per heavy atom. The molecule has 1 heteroatoms. The second-order valence-corrected chi connectivity index (χ2v) is 5.45. The highest BCUT2D eigenvalue weighted by molar-refractivity contribution is 9.11. The van der Waals surface area contributed by atoms with Gasteiger partial charge < -0.3 is 0 Å². The third-order valence-corrected chi connectivity index (χ3v) is 4.14. The van der Waals surface area contributed by atoms with Gasteiger partial charge in [0, 0.05) is 0 Å². The number of benzene rings is 1. The minimum absolute atomic E-state index is 1.08. The largest absolute Gasteiger partial charge is 0.0984 e. The molecule has 84 valence electrons. The van der Waals surface area contributed by atoms with Crippen molar-refractivity contribution >= 4 is 33.2 Å². The highest BCUT2D eigenvalue weighted by Gasteiger charge is 2.27. The molecule has 0 saturated heterocycles. The minimum atomic E-state index is 1.08. The van der Waals surface area contributed by atoms with E-state index >= 15 is 0 Å². The lowest BCUT2D eigenvalue weighted by Gasteiger charge is -2.11. The molecule has 3 rings (SSSR count). The van der Waals surface area contributed by atoms with Crippen molar-refractivity contribution in [1.82, 2.24) is 0 Å². The maximum atomic E-state index is 4.26. The lowest BCUT2D eigenvalue weighted by molar-refractivity contribution is 0.998. The van der Waals surface area contributed by atoms with E-state index in [1.807, 2.05) is 6.08 Å². The van der Waals surface area contributed by atoms with Gasteiger partial charge >= 0.3 is 0 Å². The van der Waals surface area contributed by atoms with Crippen LogP contribution in [0.5, 0.6) is 0 Å². The van der Waals surface area contributed by atoms with Crippen LogP contribution in [-0.2, 0) is 0 Å². The molecule has 0 aliphatic heterocycles. The Balaban J connectivity index is 2.28. The zero-order valence-corrected chi connectivity index (χ0v) is 11.2. The molecule has 1 aromatic carbocycles. The van der Waals surface area contributed by atoms with E-state index in [1.165, 1.54) is 37.9 Å². The first-order valence-electron chi connectivity index (χ1n) is 5.77. The minimum Gasteiger partial charge on any atom is -0.0984 e. The molecule has 0 N–H and O–H groups in total. The molecule has 0 spiro atoms. The monoisotopic (exact) mass is 284 g/mol. The van der Waals surface area contributed by atoms with Gasteiger partial charge in [-0.25, -0.2) is 0 Å². The molecule has 0 unspecified atom stereocenters. The summed E-state index contributed by atoms with van der Waals surface area (Å²) < 4.78 is 1.28. The van der Waals surface area contributed by atoms with Crippen molar-refractivity contribution in [3.63, 3.8) is 0 Å². The van der Waals surface area contributed by atoms with E-state index in [9.17, 15) is 0 Å². The van der Waals surface area contributed by atoms with E-state index in [4.69, 9.17) is 0 Å². The van der Waals surface area contributed by atoms with Gasteiger partial charge in [0.1, 0.15) is 0 Å². The second kappa shape index (κ2) is 3.85. The van der Waals surface area contributed by atoms with Crippen LogP contribution >= 0.6 is 15.9 Å². The van der Waals surface area contributed by atoms with Gasteiger partial charge in [-0.2, -0.15) is 0 Å². The molecule has 0 nitrogen and oxygen atoms in total. The predicted molar refractivity (Wildman–Crippen MR) is 78.7 cm³/mol. The Bertz CT molecular complexity index is 600. The number of allylic oxidation sites excluding steroid dienone is 5. The highest BCUT2D eigenvalue weighted by Crippen LogP contribution is 2.48. The quantitative estimate of drug-likeness (QED) is 0.666. The number of rotatable bonds is 1. The zero-order chi connectivity index (χ0) is 12.0. The van der Waals surface area contributed by atoms with Crippen LogP contribution < -0.4 is 0 Å². The Hall–Kier alpha value is -1.34. The molecule has 1 aromatic rings. The van der Waals surface area contributed by atoms with Crippen molar-refractivity contribution in [3.8, 4) is 0 Å². The summed E-state index contributed by atoms with van der Waals surface area (Å²) >= 11 is 3.61. The fourth-order valence-corrected chi connectivity index (χ4v) is 3.13. The Morgan fingerprint density at radius 2 is 2.06 bits per heavy atom. The highest BCUT2D eigenvalue weighted by atomic mass is 79.9. The number of hydrogen-bond donors (Lipinski definition) is 0. The fourth-order valence-electron chi connectivity index (χ4n) is 2.70. The maximum Gasteiger partial charge on any atom is -0.00359 e. The summed E-state index contributed by atoms with van der Waals surface area (Å²) in [5, 5.41) is 0. The topological polar surface area (TPSA) is 0 Å². The van der Waals surface area contributed by atoms with Crippen molar-refractivity contribution in [1.29, 1.82) is 0 Å². The Labute approximate surface area is 110 Å². The standard InChI is InChI=1S/C16H13Br/c1-3-11-5-4-6-14-15-9-12(17)7-8-13(15)10(2)16(11)14/h3-6,9H,1-2,7-8H2. The second-order valence-electron chi connectivity index (χ2n) is 4.44. The molecule has 0 atom stereocenters. The molecular weight excluding hydrogens is 272 g/mol. The number of fused-ring (bicyclic) bond motifs is 2. The summed E-state index contributed by atoms with van der Waals surface area (Å²) in [4.78, 5) is 0. The number of halogens is 1. The maximum absolute atomic E-state index is 4.26. The van der Waals surface area contributed by atoms with E-state index in [0.29, 0.717) is 0 Å². The summed E-state index contributed by atoms with van der Waals surface area (Å²) in [5.74, 6) is 0. The first-order chi connectivity index (χ1) is 8.22. The van der Waals surface area contributed by atoms with Crippen LogP contribution in [-0.4, -0.2) is 0 Å². The fraction of sp³-hybridized carbons (Fsp3) is 0.125. The molecule has 2 aliphatic carbocycles. The third-order valence-electron chi connectivity index (χ3n) is 3.51. The van der Waals surface area contributed by atoms with Crippen LogP contribution in [0.4, 0.5) is 0 Å². The van der Waals surface area contributed by atoms with Crippen molar-refractivity contribution in [2.45, 2.75) is 12.8 Å². The van der Waals surface area contributed by atoms with E-state index < -0.39 is 0 Å². The SMILES string of the molecule is C=Cc1cccc2c1C(=C)C1=C2C=C(Br)CC1. The Morgan fingerprint density at radius 3 is 2.82 bits per heavy atom. The lowest BCUT2D eigenvalue weighted by Crippen LogP contribution is -1.90. The normalized spacial score (nSPS) is 17.7. The lowest BCUT2D eigenvalue weighted by atomic mass is 9.96. The predicted octanol–water partition coefficient (Wildman–Crippen LogP) is 5.18. The van der Waals surface area contributed by atoms with Gasteiger partial charge in [0.2, 0.25) is 0 Å². The summed E-state index contributed by atoms with van der Waals surface area (Å²) in [6.45, 7) is 8.15. The van der Waals surface area contributed by atoms with Crippen molar-refractivity contribution < 1.29 is 0 Å². The van der Waals surface area contributed by atoms with Crippen molar-refractivity contribution in [2.24, 2.45) is 0 Å². The molecule has 0 bridgehead atoms. The van der Waals surface area contributed by atoms with Crippen LogP contribution in [0, 0.1) is 0 Å². The summed E-state index contributed by atoms with van der Waals surface area (Å²) in [7, 11) is 0. The van der Waals surface area contributed by atoms with E-state index in [0.717, 1.165) is 12.8 Å². The average molecular weight is 285 g/mol. The zero-order valence-electron chi connectivity index (χ0n) is 9.59. The van der Waals surface area contributed by atoms with Gasteiger partial charge in [-0.3, -0.25) is 0 Å². The van der Waals surface area contributed by atoms with Gasteiger partial charge in [0.05, 0.1) is 0 Å². The van der Waals surface area contributed by atoms with Crippen LogP contribution in [0.3, 0.4) is 0 Å². The van der Waals surface area contributed by atoms with Crippen LogP contribution in [0.2, 0.25) is 0 Å². The smallest absolute Gasteiger partial charge is 0.00359 e. The third kappa shape index (κ3) is 1.49. The molecule has 0 heterocycles. The van der Waals surface area contributed by atoms with Crippen LogP contribution in [0.1, 0.15) is 29.5 Å². The van der Waals surface area contributed by atoms with Gasteiger partial charge in [0.25, 0.3) is 0 Å². The van der Waals surface area contributed by atoms with Crippen LogP contribution in [0.25, 0.3) is 17.2 Å². The van der Waals surface area contributed by atoms with Crippen molar-refractivity contribution in [2.75, 3.05) is 0 Å². The first kappa shape index (κ1) is 10.8. The van der Waals surface area contributed by atoms with Gasteiger partial charge in [-0.1, -0.05) is 53.4 Å². The molecule has 0 radical (unpaired) electrons. The number of hydrogen-bond acceptors (Lipinski definition) is 0. The van der Waals surface area contributed by atoms with Gasteiger partial charge in [-0.15, -0.1) is 0 Å². The molecule has 17 heavy (non-hydrogen) atoms. The molecule has 0 fully saturated rings. The first-order valence-corrected chi connectivity index (χ1v) is 6.56. The molecule has 2 aliphatic rings. The average Bonchev–Trinajstić information content (AvgIpc) is 2.63. The van der Waals surface area contributed by atoms with E-state index in [1.54, 1.807) is 0 Å². The molecule has 0 aromatic heterocycles. The summed E-state index contributed by atoms with van der Waals surface area (Å²) in [5.41, 5.74) is 7.68. The van der Waals surface area contributed by atoms with Gasteiger partial charge in [-0.05, 0) is 56.8 Å². The van der Waals surface area contributed by atoms with Crippen LogP contribution in [0.15, 0.2) is 47.5 Å². The van der Waals surface area contributed by atoms with E-state index in [2.05, 4.69) is 53.4 Å². The summed E-state index contributed by atoms with van der Waals surface area (Å²) in [6, 6.07) is 6.38.